The number of fused-ring (bicyclic) bond motifs is 1. The first kappa shape index (κ1) is 15.3. The number of ether oxygens (including phenoxy) is 2. The van der Waals surface area contributed by atoms with E-state index in [9.17, 15) is 9.59 Å². The third kappa shape index (κ3) is 2.15. The van der Waals surface area contributed by atoms with Crippen LogP contribution in [0, 0.1) is 6.92 Å². The minimum atomic E-state index is -0.519. The van der Waals surface area contributed by atoms with Crippen molar-refractivity contribution in [3.05, 3.63) is 28.6 Å². The molecular weight excluding hydrogens is 328 g/mol. The first-order valence-corrected chi connectivity index (χ1v) is 8.55. The SMILES string of the molecule is COc1ccc2sc(C(=O)N3CC4(CN(C)C(=O)O4)C3)c(C)c2c1. The van der Waals surface area contributed by atoms with Crippen LogP contribution < -0.4 is 4.74 Å². The van der Waals surface area contributed by atoms with E-state index in [1.807, 2.05) is 25.1 Å². The minimum Gasteiger partial charge on any atom is -0.497 e. The van der Waals surface area contributed by atoms with Crippen molar-refractivity contribution in [2.24, 2.45) is 0 Å². The van der Waals surface area contributed by atoms with E-state index in [0.717, 1.165) is 26.3 Å². The van der Waals surface area contributed by atoms with Crippen molar-refractivity contribution in [3.63, 3.8) is 0 Å². The highest BCUT2D eigenvalue weighted by molar-refractivity contribution is 7.21. The normalized spacial score (nSPS) is 18.9. The van der Waals surface area contributed by atoms with Gasteiger partial charge in [0.1, 0.15) is 5.75 Å². The zero-order valence-corrected chi connectivity index (χ0v) is 14.6. The first-order chi connectivity index (χ1) is 11.4. The van der Waals surface area contributed by atoms with Crippen LogP contribution in [-0.2, 0) is 4.74 Å². The molecule has 2 fully saturated rings. The van der Waals surface area contributed by atoms with Gasteiger partial charge in [-0.25, -0.2) is 4.79 Å². The number of likely N-dealkylation sites (tertiary alicyclic amines) is 1. The van der Waals surface area contributed by atoms with E-state index in [-0.39, 0.29) is 12.0 Å². The molecule has 126 valence electrons. The number of likely N-dealkylation sites (N-methyl/N-ethyl adjacent to an activating group) is 1. The van der Waals surface area contributed by atoms with Crippen molar-refractivity contribution in [1.82, 2.24) is 9.80 Å². The predicted octanol–water partition coefficient (Wildman–Crippen LogP) is 2.49. The highest BCUT2D eigenvalue weighted by atomic mass is 32.1. The van der Waals surface area contributed by atoms with Crippen molar-refractivity contribution in [3.8, 4) is 5.75 Å². The molecule has 24 heavy (non-hydrogen) atoms. The van der Waals surface area contributed by atoms with Crippen LogP contribution in [0.4, 0.5) is 4.79 Å². The monoisotopic (exact) mass is 346 g/mol. The maximum Gasteiger partial charge on any atom is 0.410 e. The molecule has 0 atom stereocenters. The van der Waals surface area contributed by atoms with Crippen LogP contribution in [0.2, 0.25) is 0 Å². The van der Waals surface area contributed by atoms with E-state index >= 15 is 0 Å². The zero-order chi connectivity index (χ0) is 17.1. The van der Waals surface area contributed by atoms with Gasteiger partial charge in [-0.05, 0) is 36.1 Å². The number of carbonyl (C=O) groups excluding carboxylic acids is 2. The van der Waals surface area contributed by atoms with E-state index in [0.29, 0.717) is 19.6 Å². The Morgan fingerprint density at radius 2 is 2.08 bits per heavy atom. The number of methoxy groups -OCH3 is 1. The number of amides is 2. The summed E-state index contributed by atoms with van der Waals surface area (Å²) in [5.41, 5.74) is 0.454. The fourth-order valence-corrected chi connectivity index (χ4v) is 4.58. The Kier molecular flexibility index (Phi) is 3.25. The van der Waals surface area contributed by atoms with Gasteiger partial charge in [0.15, 0.2) is 5.60 Å². The molecule has 7 heteroatoms. The van der Waals surface area contributed by atoms with Crippen molar-refractivity contribution in [2.45, 2.75) is 12.5 Å². The van der Waals surface area contributed by atoms with Crippen LogP contribution >= 0.6 is 11.3 Å². The Hall–Kier alpha value is -2.28. The summed E-state index contributed by atoms with van der Waals surface area (Å²) in [6.45, 7) is 3.42. The number of carbonyl (C=O) groups is 2. The average Bonchev–Trinajstić information content (AvgIpc) is 3.03. The van der Waals surface area contributed by atoms with E-state index in [1.165, 1.54) is 11.3 Å². The van der Waals surface area contributed by atoms with E-state index < -0.39 is 5.60 Å². The second kappa shape index (κ2) is 5.11. The lowest BCUT2D eigenvalue weighted by atomic mass is 9.93. The molecule has 2 aliphatic rings. The number of thiophene rings is 1. The van der Waals surface area contributed by atoms with Crippen molar-refractivity contribution in [1.29, 1.82) is 0 Å². The molecule has 0 aliphatic carbocycles. The fraction of sp³-hybridized carbons (Fsp3) is 0.412. The number of hydrogen-bond acceptors (Lipinski definition) is 5. The van der Waals surface area contributed by atoms with Crippen molar-refractivity contribution in [2.75, 3.05) is 33.8 Å². The molecule has 6 nitrogen and oxygen atoms in total. The Bertz CT molecular complexity index is 854. The summed E-state index contributed by atoms with van der Waals surface area (Å²) in [4.78, 5) is 28.4. The molecule has 0 bridgehead atoms. The smallest absolute Gasteiger partial charge is 0.410 e. The van der Waals surface area contributed by atoms with E-state index in [1.54, 1.807) is 24.0 Å². The van der Waals surface area contributed by atoms with Crippen LogP contribution in [0.1, 0.15) is 15.2 Å². The van der Waals surface area contributed by atoms with Gasteiger partial charge < -0.3 is 19.3 Å². The quantitative estimate of drug-likeness (QED) is 0.838. The Labute approximate surface area is 143 Å². The number of rotatable bonds is 2. The molecule has 2 aliphatic heterocycles. The maximum atomic E-state index is 12.8. The van der Waals surface area contributed by atoms with Crippen LogP contribution in [0.25, 0.3) is 10.1 Å². The fourth-order valence-electron chi connectivity index (χ4n) is 3.42. The van der Waals surface area contributed by atoms with Crippen molar-refractivity contribution < 1.29 is 19.1 Å². The third-order valence-electron chi connectivity index (χ3n) is 4.72. The molecule has 2 aromatic rings. The highest BCUT2D eigenvalue weighted by Gasteiger charge is 2.54. The molecule has 0 radical (unpaired) electrons. The third-order valence-corrected chi connectivity index (χ3v) is 5.98. The lowest BCUT2D eigenvalue weighted by molar-refractivity contribution is -0.0579. The van der Waals surface area contributed by atoms with Gasteiger partial charge in [0.25, 0.3) is 5.91 Å². The van der Waals surface area contributed by atoms with Gasteiger partial charge in [-0.1, -0.05) is 0 Å². The van der Waals surface area contributed by atoms with Crippen LogP contribution in [0.3, 0.4) is 0 Å². The summed E-state index contributed by atoms with van der Waals surface area (Å²) in [6.07, 6.45) is -0.313. The lowest BCUT2D eigenvalue weighted by Crippen LogP contribution is -2.65. The number of hydrogen-bond donors (Lipinski definition) is 0. The van der Waals surface area contributed by atoms with E-state index in [2.05, 4.69) is 0 Å². The highest BCUT2D eigenvalue weighted by Crippen LogP contribution is 2.37. The van der Waals surface area contributed by atoms with Crippen LogP contribution in [0.15, 0.2) is 18.2 Å². The summed E-state index contributed by atoms with van der Waals surface area (Å²) >= 11 is 1.50. The van der Waals surface area contributed by atoms with Crippen molar-refractivity contribution >= 4 is 33.4 Å². The first-order valence-electron chi connectivity index (χ1n) is 7.73. The molecule has 1 spiro atoms. The van der Waals surface area contributed by atoms with Gasteiger partial charge >= 0.3 is 6.09 Å². The van der Waals surface area contributed by atoms with Crippen LogP contribution in [-0.4, -0.2) is 61.2 Å². The molecule has 0 unspecified atom stereocenters. The minimum absolute atomic E-state index is 0.00361. The molecule has 0 N–H and O–H groups in total. The molecular formula is C17H18N2O4S. The molecule has 4 rings (SSSR count). The Balaban J connectivity index is 1.57. The number of benzene rings is 1. The summed E-state index contributed by atoms with van der Waals surface area (Å²) in [6, 6.07) is 5.84. The van der Waals surface area contributed by atoms with Gasteiger partial charge in [-0.2, -0.15) is 0 Å². The summed E-state index contributed by atoms with van der Waals surface area (Å²) in [7, 11) is 3.35. The Morgan fingerprint density at radius 3 is 2.71 bits per heavy atom. The van der Waals surface area contributed by atoms with Gasteiger partial charge in [-0.3, -0.25) is 4.79 Å². The molecule has 2 saturated heterocycles. The number of nitrogens with zero attached hydrogens (tertiary/aromatic N) is 2. The second-order valence-electron chi connectivity index (χ2n) is 6.49. The predicted molar refractivity (Wildman–Crippen MR) is 90.9 cm³/mol. The average molecular weight is 346 g/mol. The van der Waals surface area contributed by atoms with Gasteiger partial charge in [0.2, 0.25) is 0 Å². The summed E-state index contributed by atoms with van der Waals surface area (Å²) in [5.74, 6) is 0.787. The molecule has 3 heterocycles. The number of aryl methyl sites for hydroxylation is 1. The Morgan fingerprint density at radius 1 is 1.33 bits per heavy atom. The second-order valence-corrected chi connectivity index (χ2v) is 7.54. The van der Waals surface area contributed by atoms with Gasteiger partial charge in [0, 0.05) is 11.7 Å². The lowest BCUT2D eigenvalue weighted by Gasteiger charge is -2.45. The van der Waals surface area contributed by atoms with Crippen LogP contribution in [0.5, 0.6) is 5.75 Å². The molecule has 0 saturated carbocycles. The van der Waals surface area contributed by atoms with Gasteiger partial charge in [0.05, 0.1) is 31.6 Å². The zero-order valence-electron chi connectivity index (χ0n) is 13.8. The topological polar surface area (TPSA) is 59.1 Å². The van der Waals surface area contributed by atoms with Gasteiger partial charge in [-0.15, -0.1) is 11.3 Å². The largest absolute Gasteiger partial charge is 0.497 e. The molecule has 2 amide bonds. The summed E-state index contributed by atoms with van der Waals surface area (Å²) in [5, 5.41) is 1.05. The maximum absolute atomic E-state index is 12.8. The standard InChI is InChI=1S/C17H18N2O4S/c1-10-12-6-11(22-3)4-5-13(12)24-14(10)15(20)19-8-17(9-19)7-18(2)16(21)23-17/h4-6H,7-9H2,1-3H3. The molecule has 1 aromatic carbocycles. The molecule has 1 aromatic heterocycles. The summed E-state index contributed by atoms with van der Waals surface area (Å²) < 4.78 is 11.7. The van der Waals surface area contributed by atoms with E-state index in [4.69, 9.17) is 9.47 Å².